The summed E-state index contributed by atoms with van der Waals surface area (Å²) in [4.78, 5) is 23.4. The molecular formula is C27H50O4. The summed E-state index contributed by atoms with van der Waals surface area (Å²) in [5.41, 5.74) is 0. The molecule has 0 aliphatic carbocycles. The molecule has 0 saturated carbocycles. The van der Waals surface area contributed by atoms with Crippen molar-refractivity contribution in [3.63, 3.8) is 0 Å². The second kappa shape index (κ2) is 24.9. The van der Waals surface area contributed by atoms with Gasteiger partial charge in [0.15, 0.2) is 0 Å². The molecule has 0 aromatic rings. The van der Waals surface area contributed by atoms with E-state index in [0.29, 0.717) is 13.2 Å². The van der Waals surface area contributed by atoms with E-state index in [-0.39, 0.29) is 24.8 Å². The summed E-state index contributed by atoms with van der Waals surface area (Å²) >= 11 is 0. The fraction of sp³-hybridized carbons (Fsp3) is 0.852. The second-order valence-electron chi connectivity index (χ2n) is 8.59. The lowest BCUT2D eigenvalue weighted by Crippen LogP contribution is -2.11. The number of ether oxygens (including phenoxy) is 2. The van der Waals surface area contributed by atoms with E-state index in [1.165, 1.54) is 77.0 Å². The normalized spacial score (nSPS) is 11.2. The number of hydrogen-bond acceptors (Lipinski definition) is 4. The summed E-state index contributed by atoms with van der Waals surface area (Å²) in [6.07, 6.45) is 25.3. The molecule has 182 valence electrons. The minimum Gasteiger partial charge on any atom is -0.466 e. The summed E-state index contributed by atoms with van der Waals surface area (Å²) in [5.74, 6) is -0.601. The average molecular weight is 439 g/mol. The van der Waals surface area contributed by atoms with Gasteiger partial charge in [0.2, 0.25) is 0 Å². The molecule has 4 nitrogen and oxygen atoms in total. The molecule has 0 aliphatic rings. The SMILES string of the molecule is CCCC/C=C/CCCOC(=O)CCC(=O)OCCCCCCCCCCCCCC. The van der Waals surface area contributed by atoms with Crippen LogP contribution in [-0.2, 0) is 19.1 Å². The Morgan fingerprint density at radius 3 is 1.39 bits per heavy atom. The van der Waals surface area contributed by atoms with E-state index in [0.717, 1.165) is 32.1 Å². The van der Waals surface area contributed by atoms with E-state index in [1.807, 2.05) is 0 Å². The minimum absolute atomic E-state index is 0.115. The molecule has 0 heterocycles. The molecule has 0 unspecified atom stereocenters. The molecule has 0 atom stereocenters. The maximum atomic E-state index is 11.7. The van der Waals surface area contributed by atoms with Crippen LogP contribution in [0, 0.1) is 0 Å². The highest BCUT2D eigenvalue weighted by molar-refractivity contribution is 5.77. The largest absolute Gasteiger partial charge is 0.466 e. The van der Waals surface area contributed by atoms with Crippen molar-refractivity contribution < 1.29 is 19.1 Å². The maximum Gasteiger partial charge on any atom is 0.306 e. The van der Waals surface area contributed by atoms with Gasteiger partial charge in [0.25, 0.3) is 0 Å². The summed E-state index contributed by atoms with van der Waals surface area (Å²) in [5, 5.41) is 0. The van der Waals surface area contributed by atoms with E-state index in [9.17, 15) is 9.59 Å². The van der Waals surface area contributed by atoms with Crippen molar-refractivity contribution in [2.45, 2.75) is 136 Å². The first-order valence-corrected chi connectivity index (χ1v) is 13.2. The van der Waals surface area contributed by atoms with E-state index < -0.39 is 0 Å². The number of unbranched alkanes of at least 4 members (excludes halogenated alkanes) is 14. The van der Waals surface area contributed by atoms with Gasteiger partial charge in [0.1, 0.15) is 0 Å². The molecule has 31 heavy (non-hydrogen) atoms. The van der Waals surface area contributed by atoms with Crippen molar-refractivity contribution in [2.75, 3.05) is 13.2 Å². The third-order valence-corrected chi connectivity index (χ3v) is 5.46. The third kappa shape index (κ3) is 24.8. The Hall–Kier alpha value is -1.32. The van der Waals surface area contributed by atoms with Gasteiger partial charge in [-0.1, -0.05) is 109 Å². The molecule has 4 heteroatoms. The number of carbonyl (C=O) groups excluding carboxylic acids is 2. The predicted octanol–water partition coefficient (Wildman–Crippen LogP) is 8.08. The number of rotatable bonds is 23. The summed E-state index contributed by atoms with van der Waals surface area (Å²) < 4.78 is 10.4. The van der Waals surface area contributed by atoms with Crippen LogP contribution in [0.15, 0.2) is 12.2 Å². The van der Waals surface area contributed by atoms with Crippen LogP contribution in [-0.4, -0.2) is 25.2 Å². The van der Waals surface area contributed by atoms with Crippen LogP contribution >= 0.6 is 0 Å². The van der Waals surface area contributed by atoms with Crippen molar-refractivity contribution in [1.82, 2.24) is 0 Å². The van der Waals surface area contributed by atoms with Crippen molar-refractivity contribution >= 4 is 11.9 Å². The zero-order valence-electron chi connectivity index (χ0n) is 20.6. The highest BCUT2D eigenvalue weighted by Crippen LogP contribution is 2.12. The molecule has 0 N–H and O–H groups in total. The van der Waals surface area contributed by atoms with Crippen molar-refractivity contribution in [3.05, 3.63) is 12.2 Å². The zero-order chi connectivity index (χ0) is 22.8. The monoisotopic (exact) mass is 438 g/mol. The van der Waals surface area contributed by atoms with Gasteiger partial charge < -0.3 is 9.47 Å². The van der Waals surface area contributed by atoms with Crippen LogP contribution in [0.3, 0.4) is 0 Å². The molecule has 0 aliphatic heterocycles. The lowest BCUT2D eigenvalue weighted by Gasteiger charge is -2.06. The van der Waals surface area contributed by atoms with Crippen LogP contribution in [0.5, 0.6) is 0 Å². The molecule has 0 aromatic carbocycles. The first-order valence-electron chi connectivity index (χ1n) is 13.2. The van der Waals surface area contributed by atoms with Gasteiger partial charge in [0.05, 0.1) is 26.1 Å². The Balaban J connectivity index is 3.33. The Labute approximate surface area is 192 Å². The lowest BCUT2D eigenvalue weighted by atomic mass is 10.1. The van der Waals surface area contributed by atoms with Gasteiger partial charge >= 0.3 is 11.9 Å². The quantitative estimate of drug-likeness (QED) is 0.0919. The Morgan fingerprint density at radius 2 is 0.903 bits per heavy atom. The number of carbonyl (C=O) groups is 2. The fourth-order valence-corrected chi connectivity index (χ4v) is 3.42. The Kier molecular flexibility index (Phi) is 23.9. The average Bonchev–Trinajstić information content (AvgIpc) is 2.77. The van der Waals surface area contributed by atoms with Crippen LogP contribution < -0.4 is 0 Å². The Bertz CT molecular complexity index is 431. The summed E-state index contributed by atoms with van der Waals surface area (Å²) in [6.45, 7) is 5.33. The van der Waals surface area contributed by atoms with Gasteiger partial charge in [0, 0.05) is 0 Å². The van der Waals surface area contributed by atoms with Gasteiger partial charge in [-0.2, -0.15) is 0 Å². The second-order valence-corrected chi connectivity index (χ2v) is 8.59. The van der Waals surface area contributed by atoms with E-state index in [1.54, 1.807) is 0 Å². The van der Waals surface area contributed by atoms with Gasteiger partial charge in [-0.25, -0.2) is 0 Å². The van der Waals surface area contributed by atoms with Gasteiger partial charge in [-0.15, -0.1) is 0 Å². The predicted molar refractivity (Wildman–Crippen MR) is 130 cm³/mol. The zero-order valence-corrected chi connectivity index (χ0v) is 20.6. The molecule has 0 saturated heterocycles. The van der Waals surface area contributed by atoms with Crippen LogP contribution in [0.2, 0.25) is 0 Å². The number of esters is 2. The minimum atomic E-state index is -0.308. The first-order chi connectivity index (χ1) is 15.2. The molecule has 0 rings (SSSR count). The van der Waals surface area contributed by atoms with Crippen LogP contribution in [0.25, 0.3) is 0 Å². The highest BCUT2D eigenvalue weighted by Gasteiger charge is 2.08. The Morgan fingerprint density at radius 1 is 0.516 bits per heavy atom. The van der Waals surface area contributed by atoms with Crippen LogP contribution in [0.4, 0.5) is 0 Å². The highest BCUT2D eigenvalue weighted by atomic mass is 16.5. The van der Waals surface area contributed by atoms with Crippen LogP contribution in [0.1, 0.15) is 136 Å². The van der Waals surface area contributed by atoms with Gasteiger partial charge in [-0.05, 0) is 25.7 Å². The fourth-order valence-electron chi connectivity index (χ4n) is 3.42. The molecule has 0 amide bonds. The van der Waals surface area contributed by atoms with E-state index >= 15 is 0 Å². The molecule has 0 aromatic heterocycles. The summed E-state index contributed by atoms with van der Waals surface area (Å²) in [7, 11) is 0. The topological polar surface area (TPSA) is 52.6 Å². The molecular weight excluding hydrogens is 388 g/mol. The lowest BCUT2D eigenvalue weighted by molar-refractivity contribution is -0.150. The smallest absolute Gasteiger partial charge is 0.306 e. The third-order valence-electron chi connectivity index (χ3n) is 5.46. The standard InChI is InChI=1S/C27H50O4/c1-3-5-7-9-11-12-13-14-15-17-19-21-25-31-27(29)23-22-26(28)30-24-20-18-16-10-8-6-4-2/h10,16H,3-9,11-15,17-25H2,1-2H3/b16-10+. The molecule has 0 spiro atoms. The van der Waals surface area contributed by atoms with E-state index in [2.05, 4.69) is 26.0 Å². The van der Waals surface area contributed by atoms with E-state index in [4.69, 9.17) is 9.47 Å². The number of hydrogen-bond donors (Lipinski definition) is 0. The first kappa shape index (κ1) is 29.7. The van der Waals surface area contributed by atoms with Crippen molar-refractivity contribution in [3.8, 4) is 0 Å². The summed E-state index contributed by atoms with van der Waals surface area (Å²) in [6, 6.07) is 0. The maximum absolute atomic E-state index is 11.7. The molecule has 0 fully saturated rings. The van der Waals surface area contributed by atoms with Crippen molar-refractivity contribution in [1.29, 1.82) is 0 Å². The van der Waals surface area contributed by atoms with Crippen molar-refractivity contribution in [2.24, 2.45) is 0 Å². The molecule has 0 bridgehead atoms. The van der Waals surface area contributed by atoms with Gasteiger partial charge in [-0.3, -0.25) is 9.59 Å². The molecule has 0 radical (unpaired) electrons. The number of allylic oxidation sites excluding steroid dienone is 2.